The van der Waals surface area contributed by atoms with Crippen molar-refractivity contribution in [2.75, 3.05) is 0 Å². The molecule has 4 saturated carbocycles. The van der Waals surface area contributed by atoms with Gasteiger partial charge in [0.25, 0.3) is 0 Å². The van der Waals surface area contributed by atoms with Gasteiger partial charge in [0.05, 0.1) is 6.57 Å². The maximum Gasteiger partial charge on any atom is 0.194 e. The molecule has 4 nitrogen and oxygen atoms in total. The van der Waals surface area contributed by atoms with E-state index in [1.54, 1.807) is 0 Å². The van der Waals surface area contributed by atoms with Crippen molar-refractivity contribution in [3.63, 3.8) is 0 Å². The smallest absolute Gasteiger partial charge is 0.194 e. The van der Waals surface area contributed by atoms with E-state index < -0.39 is 0 Å². The fourth-order valence-corrected chi connectivity index (χ4v) is 11.2. The van der Waals surface area contributed by atoms with Gasteiger partial charge in [-0.15, -0.1) is 0 Å². The predicted octanol–water partition coefficient (Wildman–Crippen LogP) is 13.1. The van der Waals surface area contributed by atoms with Gasteiger partial charge in [-0.1, -0.05) is 152 Å². The molecule has 0 N–H and O–H groups in total. The number of aromatic nitrogens is 3. The zero-order valence-electron chi connectivity index (χ0n) is 31.1. The molecular weight excluding hydrogens is 681 g/mol. The molecular formula is C52H40N4. The van der Waals surface area contributed by atoms with Gasteiger partial charge in [-0.25, -0.2) is 19.8 Å². The van der Waals surface area contributed by atoms with Gasteiger partial charge >= 0.3 is 0 Å². The van der Waals surface area contributed by atoms with Gasteiger partial charge in [0, 0.05) is 22.1 Å². The zero-order valence-corrected chi connectivity index (χ0v) is 31.1. The minimum atomic E-state index is -0.0336. The number of fused-ring (bicyclic) bond motifs is 2. The molecule has 0 spiro atoms. The summed E-state index contributed by atoms with van der Waals surface area (Å²) in [6.07, 6.45) is 6.67. The lowest BCUT2D eigenvalue weighted by molar-refractivity contribution is -0.0417. The molecule has 0 saturated heterocycles. The van der Waals surface area contributed by atoms with E-state index in [4.69, 9.17) is 21.5 Å². The van der Waals surface area contributed by atoms with E-state index in [2.05, 4.69) is 114 Å². The highest BCUT2D eigenvalue weighted by Crippen LogP contribution is 2.65. The van der Waals surface area contributed by atoms with E-state index in [1.807, 2.05) is 48.5 Å². The first-order chi connectivity index (χ1) is 27.6. The summed E-state index contributed by atoms with van der Waals surface area (Å²) >= 11 is 0. The highest BCUT2D eigenvalue weighted by Gasteiger charge is 2.58. The van der Waals surface area contributed by atoms with E-state index >= 15 is 0 Å². The fraction of sp³-hybridized carbons (Fsp3) is 0.192. The molecule has 56 heavy (non-hydrogen) atoms. The lowest BCUT2D eigenvalue weighted by atomic mass is 9.42. The van der Waals surface area contributed by atoms with Gasteiger partial charge in [-0.2, -0.15) is 0 Å². The Morgan fingerprint density at radius 1 is 0.446 bits per heavy atom. The molecule has 0 radical (unpaired) electrons. The second kappa shape index (κ2) is 13.1. The van der Waals surface area contributed by atoms with Crippen molar-refractivity contribution in [1.82, 2.24) is 15.0 Å². The second-order valence-corrected chi connectivity index (χ2v) is 16.4. The molecule has 7 aromatic carbocycles. The Balaban J connectivity index is 1.01. The van der Waals surface area contributed by atoms with Crippen LogP contribution in [0.3, 0.4) is 0 Å². The van der Waals surface area contributed by atoms with Crippen molar-refractivity contribution >= 4 is 27.2 Å². The van der Waals surface area contributed by atoms with Crippen molar-refractivity contribution in [1.29, 1.82) is 0 Å². The van der Waals surface area contributed by atoms with Crippen molar-refractivity contribution in [3.8, 4) is 45.3 Å². The van der Waals surface area contributed by atoms with Gasteiger partial charge in [0.1, 0.15) is 0 Å². The quantitative estimate of drug-likeness (QED) is 0.161. The Labute approximate surface area is 327 Å². The molecule has 268 valence electrons. The second-order valence-electron chi connectivity index (χ2n) is 16.4. The van der Waals surface area contributed by atoms with Crippen LogP contribution in [0.15, 0.2) is 158 Å². The van der Waals surface area contributed by atoms with Crippen molar-refractivity contribution in [2.24, 2.45) is 23.7 Å². The molecule has 4 heteroatoms. The summed E-state index contributed by atoms with van der Waals surface area (Å²) in [7, 11) is 0. The van der Waals surface area contributed by atoms with Gasteiger partial charge < -0.3 is 0 Å². The normalized spacial score (nSPS) is 22.3. The van der Waals surface area contributed by atoms with Crippen LogP contribution in [0.5, 0.6) is 0 Å². The summed E-state index contributed by atoms with van der Waals surface area (Å²) in [6, 6.07) is 56.4. The third-order valence-electron chi connectivity index (χ3n) is 13.4. The highest BCUT2D eigenvalue weighted by atomic mass is 15.0. The number of benzene rings is 7. The third-order valence-corrected chi connectivity index (χ3v) is 13.4. The van der Waals surface area contributed by atoms with E-state index in [9.17, 15) is 0 Å². The van der Waals surface area contributed by atoms with Crippen molar-refractivity contribution < 1.29 is 0 Å². The van der Waals surface area contributed by atoms with Crippen LogP contribution in [0, 0.1) is 30.2 Å². The number of rotatable bonds is 6. The first kappa shape index (κ1) is 32.9. The van der Waals surface area contributed by atoms with Crippen LogP contribution in [0.4, 0.5) is 5.69 Å². The number of hydrogen-bond acceptors (Lipinski definition) is 3. The summed E-state index contributed by atoms with van der Waals surface area (Å²) in [4.78, 5) is 18.8. The zero-order chi connectivity index (χ0) is 37.2. The largest absolute Gasteiger partial charge is 0.238 e. The fourth-order valence-electron chi connectivity index (χ4n) is 11.2. The van der Waals surface area contributed by atoms with Crippen LogP contribution in [0.2, 0.25) is 0 Å². The van der Waals surface area contributed by atoms with Crippen LogP contribution < -0.4 is 0 Å². The third kappa shape index (κ3) is 5.29. The van der Waals surface area contributed by atoms with Crippen LogP contribution in [-0.2, 0) is 5.41 Å². The van der Waals surface area contributed by atoms with Crippen LogP contribution >= 0.6 is 0 Å². The summed E-state index contributed by atoms with van der Waals surface area (Å²) in [6.45, 7) is 7.69. The van der Waals surface area contributed by atoms with Crippen LogP contribution in [0.1, 0.15) is 43.2 Å². The average Bonchev–Trinajstić information content (AvgIpc) is 3.26. The summed E-state index contributed by atoms with van der Waals surface area (Å²) in [5.41, 5.74) is 8.87. The molecule has 1 heterocycles. The maximum atomic E-state index is 7.69. The molecule has 4 aliphatic carbocycles. The van der Waals surface area contributed by atoms with E-state index in [0.29, 0.717) is 35.0 Å². The first-order valence-electron chi connectivity index (χ1n) is 20.1. The molecule has 0 amide bonds. The van der Waals surface area contributed by atoms with Crippen molar-refractivity contribution in [3.05, 3.63) is 180 Å². The molecule has 4 aliphatic rings. The van der Waals surface area contributed by atoms with Gasteiger partial charge in [0.2, 0.25) is 0 Å². The Kier molecular flexibility index (Phi) is 7.71. The topological polar surface area (TPSA) is 43.0 Å². The maximum absolute atomic E-state index is 7.69. The lowest BCUT2D eigenvalue weighted by Gasteiger charge is -2.62. The molecule has 0 atom stereocenters. The van der Waals surface area contributed by atoms with Gasteiger partial charge in [0.15, 0.2) is 23.2 Å². The van der Waals surface area contributed by atoms with Crippen molar-refractivity contribution in [2.45, 2.75) is 37.5 Å². The average molecular weight is 721 g/mol. The Morgan fingerprint density at radius 3 is 1.59 bits per heavy atom. The minimum Gasteiger partial charge on any atom is -0.238 e. The summed E-state index contributed by atoms with van der Waals surface area (Å²) in [5.74, 6) is 5.03. The Bertz CT molecular complexity index is 2730. The van der Waals surface area contributed by atoms with E-state index in [1.165, 1.54) is 65.1 Å². The molecule has 8 aromatic rings. The first-order valence-corrected chi connectivity index (χ1v) is 20.1. The monoisotopic (exact) mass is 720 g/mol. The number of nitrogens with zero attached hydrogens (tertiary/aromatic N) is 4. The Morgan fingerprint density at radius 2 is 0.964 bits per heavy atom. The standard InChI is InChI=1S/C52H40N4/c1-53-48-17-9-15-46-45(14-8-16-47(46)48)40-19-18-39-32-42(25-22-38(39)31-40)52(43-27-33-26-34(29-43)30-44(52)28-33)41-23-20-37(21-24-41)51-55-49(35-10-4-2-5-11-35)54-50(56-51)36-12-6-3-7-13-36/h2-25,31-34,43-44H,26-30H2. The minimum absolute atomic E-state index is 0.0336. The molecule has 12 rings (SSSR count). The predicted molar refractivity (Wildman–Crippen MR) is 227 cm³/mol. The molecule has 4 bridgehead atoms. The highest BCUT2D eigenvalue weighted by molar-refractivity contribution is 6.04. The Hall–Kier alpha value is -6.44. The molecule has 1 aromatic heterocycles. The van der Waals surface area contributed by atoms with Crippen LogP contribution in [0.25, 0.3) is 71.7 Å². The number of hydrogen-bond donors (Lipinski definition) is 0. The molecule has 4 fully saturated rings. The van der Waals surface area contributed by atoms with Crippen LogP contribution in [-0.4, -0.2) is 15.0 Å². The van der Waals surface area contributed by atoms with E-state index in [-0.39, 0.29) is 5.41 Å². The molecule has 0 unspecified atom stereocenters. The summed E-state index contributed by atoms with van der Waals surface area (Å²) < 4.78 is 0. The lowest BCUT2D eigenvalue weighted by Crippen LogP contribution is -2.56. The SMILES string of the molecule is [C-]#[N+]c1cccc2c(-c3ccc4cc(C5(c6ccc(-c7nc(-c8ccccc8)nc(-c8ccccc8)n7)cc6)C6CC7CC(C6)CC5C7)ccc4c3)cccc12. The van der Waals surface area contributed by atoms with Gasteiger partial charge in [-0.3, -0.25) is 0 Å². The van der Waals surface area contributed by atoms with E-state index in [0.717, 1.165) is 39.3 Å². The molecule has 0 aliphatic heterocycles. The summed E-state index contributed by atoms with van der Waals surface area (Å²) in [5, 5.41) is 4.66. The van der Waals surface area contributed by atoms with Gasteiger partial charge in [-0.05, 0) is 106 Å².